The number of hydrogen-bond acceptors (Lipinski definition) is 3. The van der Waals surface area contributed by atoms with E-state index in [-0.39, 0.29) is 0 Å². The number of aromatic nitrogens is 1. The smallest absolute Gasteiger partial charge is 0.215 e. The molecule has 3 nitrogen and oxygen atoms in total. The van der Waals surface area contributed by atoms with Gasteiger partial charge in [0.05, 0.1) is 6.61 Å². The first kappa shape index (κ1) is 10.8. The fraction of sp³-hybridized carbons (Fsp3) is 0.545. The SMILES string of the molecule is CCCCCOc1cccc(NC)n1. The van der Waals surface area contributed by atoms with Gasteiger partial charge >= 0.3 is 0 Å². The Balaban J connectivity index is 2.34. The Kier molecular flexibility index (Phi) is 4.83. The molecule has 14 heavy (non-hydrogen) atoms. The standard InChI is InChI=1S/C11H18N2O/c1-3-4-5-9-14-11-8-6-7-10(12-2)13-11/h6-8H,3-5,9H2,1-2H3,(H,12,13). The summed E-state index contributed by atoms with van der Waals surface area (Å²) in [6.07, 6.45) is 3.53. The average molecular weight is 194 g/mol. The molecule has 0 bridgehead atoms. The highest BCUT2D eigenvalue weighted by atomic mass is 16.5. The monoisotopic (exact) mass is 194 g/mol. The number of pyridine rings is 1. The minimum atomic E-state index is 0.702. The Morgan fingerprint density at radius 2 is 2.21 bits per heavy atom. The molecule has 0 aromatic carbocycles. The molecular formula is C11H18N2O. The van der Waals surface area contributed by atoms with Crippen LogP contribution in [0, 0.1) is 0 Å². The minimum absolute atomic E-state index is 0.702. The summed E-state index contributed by atoms with van der Waals surface area (Å²) in [5, 5.41) is 2.98. The lowest BCUT2D eigenvalue weighted by atomic mass is 10.3. The first-order valence-electron chi connectivity index (χ1n) is 5.14. The van der Waals surface area contributed by atoms with Crippen LogP contribution in [-0.2, 0) is 0 Å². The molecule has 0 aliphatic rings. The van der Waals surface area contributed by atoms with Gasteiger partial charge in [0.2, 0.25) is 5.88 Å². The topological polar surface area (TPSA) is 34.1 Å². The molecule has 0 aliphatic carbocycles. The molecule has 0 saturated carbocycles. The van der Waals surface area contributed by atoms with Crippen LogP contribution >= 0.6 is 0 Å². The number of anilines is 1. The van der Waals surface area contributed by atoms with E-state index in [1.807, 2.05) is 25.2 Å². The van der Waals surface area contributed by atoms with E-state index >= 15 is 0 Å². The molecule has 1 rings (SSSR count). The molecule has 0 saturated heterocycles. The second-order valence-corrected chi connectivity index (χ2v) is 3.17. The second kappa shape index (κ2) is 6.24. The van der Waals surface area contributed by atoms with E-state index in [4.69, 9.17) is 4.74 Å². The van der Waals surface area contributed by atoms with Crippen LogP contribution in [0.5, 0.6) is 5.88 Å². The summed E-state index contributed by atoms with van der Waals surface area (Å²) < 4.78 is 5.50. The van der Waals surface area contributed by atoms with E-state index < -0.39 is 0 Å². The quantitative estimate of drug-likeness (QED) is 0.707. The van der Waals surface area contributed by atoms with E-state index in [1.54, 1.807) is 0 Å². The number of nitrogens with zero attached hydrogens (tertiary/aromatic N) is 1. The first-order chi connectivity index (χ1) is 6.86. The summed E-state index contributed by atoms with van der Waals surface area (Å²) in [7, 11) is 1.85. The third-order valence-corrected chi connectivity index (χ3v) is 1.98. The molecule has 0 aliphatic heterocycles. The van der Waals surface area contributed by atoms with Crippen LogP contribution in [0.4, 0.5) is 5.82 Å². The fourth-order valence-corrected chi connectivity index (χ4v) is 1.16. The zero-order chi connectivity index (χ0) is 10.2. The second-order valence-electron chi connectivity index (χ2n) is 3.17. The van der Waals surface area contributed by atoms with Gasteiger partial charge in [-0.2, -0.15) is 4.98 Å². The number of ether oxygens (including phenoxy) is 1. The largest absolute Gasteiger partial charge is 0.478 e. The lowest BCUT2D eigenvalue weighted by molar-refractivity contribution is 0.295. The van der Waals surface area contributed by atoms with E-state index in [0.717, 1.165) is 18.8 Å². The maximum Gasteiger partial charge on any atom is 0.215 e. The molecule has 1 aromatic rings. The van der Waals surface area contributed by atoms with Gasteiger partial charge in [-0.25, -0.2) is 0 Å². The summed E-state index contributed by atoms with van der Waals surface area (Å²) in [5.41, 5.74) is 0. The average Bonchev–Trinajstić information content (AvgIpc) is 2.25. The molecule has 3 heteroatoms. The van der Waals surface area contributed by atoms with Crippen molar-refractivity contribution in [1.29, 1.82) is 0 Å². The molecule has 0 atom stereocenters. The maximum atomic E-state index is 5.50. The van der Waals surface area contributed by atoms with Gasteiger partial charge in [-0.3, -0.25) is 0 Å². The summed E-state index contributed by atoms with van der Waals surface area (Å²) in [4.78, 5) is 4.26. The van der Waals surface area contributed by atoms with Gasteiger partial charge in [-0.05, 0) is 12.5 Å². The van der Waals surface area contributed by atoms with Crippen molar-refractivity contribution in [3.8, 4) is 5.88 Å². The summed E-state index contributed by atoms with van der Waals surface area (Å²) >= 11 is 0. The minimum Gasteiger partial charge on any atom is -0.478 e. The van der Waals surface area contributed by atoms with Crippen LogP contribution in [0.25, 0.3) is 0 Å². The fourth-order valence-electron chi connectivity index (χ4n) is 1.16. The third-order valence-electron chi connectivity index (χ3n) is 1.98. The molecule has 0 amide bonds. The van der Waals surface area contributed by atoms with Crippen LogP contribution in [-0.4, -0.2) is 18.6 Å². The van der Waals surface area contributed by atoms with Crippen LogP contribution in [0.3, 0.4) is 0 Å². The molecular weight excluding hydrogens is 176 g/mol. The predicted molar refractivity (Wildman–Crippen MR) is 58.8 cm³/mol. The van der Waals surface area contributed by atoms with Gasteiger partial charge < -0.3 is 10.1 Å². The zero-order valence-corrected chi connectivity index (χ0v) is 8.92. The van der Waals surface area contributed by atoms with Crippen molar-refractivity contribution in [3.05, 3.63) is 18.2 Å². The van der Waals surface area contributed by atoms with Gasteiger partial charge in [0.25, 0.3) is 0 Å². The molecule has 0 unspecified atom stereocenters. The van der Waals surface area contributed by atoms with Crippen LogP contribution in [0.1, 0.15) is 26.2 Å². The van der Waals surface area contributed by atoms with Crippen LogP contribution < -0.4 is 10.1 Å². The van der Waals surface area contributed by atoms with E-state index in [1.165, 1.54) is 12.8 Å². The molecule has 0 spiro atoms. The molecule has 1 N–H and O–H groups in total. The number of nitrogens with one attached hydrogen (secondary N) is 1. The molecule has 1 aromatic heterocycles. The summed E-state index contributed by atoms with van der Waals surface area (Å²) in [6.45, 7) is 2.94. The molecule has 0 fully saturated rings. The highest BCUT2D eigenvalue weighted by Gasteiger charge is 1.96. The van der Waals surface area contributed by atoms with Crippen molar-refractivity contribution in [2.75, 3.05) is 19.0 Å². The Bertz CT molecular complexity index is 263. The molecule has 0 radical (unpaired) electrons. The molecule has 78 valence electrons. The Morgan fingerprint density at radius 3 is 2.93 bits per heavy atom. The van der Waals surface area contributed by atoms with E-state index in [9.17, 15) is 0 Å². The summed E-state index contributed by atoms with van der Waals surface area (Å²) in [6, 6.07) is 5.74. The van der Waals surface area contributed by atoms with Crippen molar-refractivity contribution in [2.24, 2.45) is 0 Å². The van der Waals surface area contributed by atoms with E-state index in [0.29, 0.717) is 5.88 Å². The van der Waals surface area contributed by atoms with Gasteiger partial charge in [0, 0.05) is 13.1 Å². The van der Waals surface area contributed by atoms with Crippen molar-refractivity contribution < 1.29 is 4.74 Å². The Morgan fingerprint density at radius 1 is 1.36 bits per heavy atom. The normalized spacial score (nSPS) is 9.86. The Hall–Kier alpha value is -1.25. The molecule has 1 heterocycles. The van der Waals surface area contributed by atoms with Crippen molar-refractivity contribution in [1.82, 2.24) is 4.98 Å². The van der Waals surface area contributed by atoms with Crippen molar-refractivity contribution in [3.63, 3.8) is 0 Å². The maximum absolute atomic E-state index is 5.50. The highest BCUT2D eigenvalue weighted by Crippen LogP contribution is 2.11. The van der Waals surface area contributed by atoms with Crippen molar-refractivity contribution >= 4 is 5.82 Å². The zero-order valence-electron chi connectivity index (χ0n) is 8.92. The highest BCUT2D eigenvalue weighted by molar-refractivity contribution is 5.35. The van der Waals surface area contributed by atoms with Crippen LogP contribution in [0.2, 0.25) is 0 Å². The third kappa shape index (κ3) is 3.64. The number of unbranched alkanes of at least 4 members (excludes halogenated alkanes) is 2. The lowest BCUT2D eigenvalue weighted by Gasteiger charge is -2.05. The number of rotatable bonds is 6. The van der Waals surface area contributed by atoms with Gasteiger partial charge in [-0.1, -0.05) is 25.8 Å². The lowest BCUT2D eigenvalue weighted by Crippen LogP contribution is -2.00. The first-order valence-corrected chi connectivity index (χ1v) is 5.14. The summed E-state index contributed by atoms with van der Waals surface area (Å²) in [5.74, 6) is 1.55. The van der Waals surface area contributed by atoms with Gasteiger partial charge in [0.1, 0.15) is 5.82 Å². The van der Waals surface area contributed by atoms with Gasteiger partial charge in [-0.15, -0.1) is 0 Å². The van der Waals surface area contributed by atoms with E-state index in [2.05, 4.69) is 17.2 Å². The van der Waals surface area contributed by atoms with Crippen LogP contribution in [0.15, 0.2) is 18.2 Å². The number of hydrogen-bond donors (Lipinski definition) is 1. The van der Waals surface area contributed by atoms with Crippen molar-refractivity contribution in [2.45, 2.75) is 26.2 Å². The van der Waals surface area contributed by atoms with Gasteiger partial charge in [0.15, 0.2) is 0 Å². The Labute approximate surface area is 85.5 Å². The predicted octanol–water partition coefficient (Wildman–Crippen LogP) is 2.69.